The van der Waals surface area contributed by atoms with Gasteiger partial charge in [0.05, 0.1) is 16.7 Å². The molecule has 0 aromatic heterocycles. The first-order valence-electron chi connectivity index (χ1n) is 5.79. The fourth-order valence-electron chi connectivity index (χ4n) is 2.25. The van der Waals surface area contributed by atoms with Gasteiger partial charge in [0.25, 0.3) is 0 Å². The summed E-state index contributed by atoms with van der Waals surface area (Å²) >= 11 is 0. The van der Waals surface area contributed by atoms with Crippen molar-refractivity contribution < 1.29 is 22.6 Å². The Labute approximate surface area is 97.5 Å². The van der Waals surface area contributed by atoms with E-state index in [1.165, 1.54) is 4.90 Å². The summed E-state index contributed by atoms with van der Waals surface area (Å²) in [4.78, 5) is 1.44. The second-order valence-corrected chi connectivity index (χ2v) is 6.16. The van der Waals surface area contributed by atoms with Crippen LogP contribution < -0.4 is 4.90 Å². The quantitative estimate of drug-likeness (QED) is 0.503. The molecule has 6 heteroatoms. The summed E-state index contributed by atoms with van der Waals surface area (Å²) in [5.41, 5.74) is 0. The maximum atomic E-state index is 10.4. The van der Waals surface area contributed by atoms with E-state index in [0.717, 1.165) is 26.1 Å². The topological polar surface area (TPSA) is 70.9 Å². The van der Waals surface area contributed by atoms with Gasteiger partial charge >= 0.3 is 0 Å². The molecule has 5 nitrogen and oxygen atoms in total. The SMILES string of the molecule is C[C@@H]1C[NH+](CCCCS(=O)(=O)[O-])C[C@@H](C)O1. The van der Waals surface area contributed by atoms with Crippen LogP contribution in [0, 0.1) is 0 Å². The van der Waals surface area contributed by atoms with Crippen molar-refractivity contribution >= 4 is 10.1 Å². The molecule has 1 aliphatic heterocycles. The highest BCUT2D eigenvalue weighted by molar-refractivity contribution is 7.85. The van der Waals surface area contributed by atoms with Gasteiger partial charge in [0, 0.05) is 5.75 Å². The van der Waals surface area contributed by atoms with E-state index >= 15 is 0 Å². The first kappa shape index (κ1) is 13.9. The van der Waals surface area contributed by atoms with Crippen LogP contribution in [0.3, 0.4) is 0 Å². The third kappa shape index (κ3) is 5.79. The summed E-state index contributed by atoms with van der Waals surface area (Å²) in [6.45, 7) is 6.96. The van der Waals surface area contributed by atoms with E-state index in [9.17, 15) is 13.0 Å². The van der Waals surface area contributed by atoms with Gasteiger partial charge in [-0.05, 0) is 26.7 Å². The fourth-order valence-corrected chi connectivity index (χ4v) is 2.80. The lowest BCUT2D eigenvalue weighted by Crippen LogP contribution is -3.15. The van der Waals surface area contributed by atoms with Crippen LogP contribution in [0.2, 0.25) is 0 Å². The molecule has 0 saturated carbocycles. The third-order valence-electron chi connectivity index (χ3n) is 2.79. The van der Waals surface area contributed by atoms with Crippen molar-refractivity contribution in [3.8, 4) is 0 Å². The number of nitrogens with one attached hydrogen (secondary N) is 1. The van der Waals surface area contributed by atoms with Crippen molar-refractivity contribution in [3.05, 3.63) is 0 Å². The third-order valence-corrected chi connectivity index (χ3v) is 3.58. The molecule has 1 aliphatic rings. The predicted octanol–water partition coefficient (Wildman–Crippen LogP) is -0.996. The number of ether oxygens (including phenoxy) is 1. The summed E-state index contributed by atoms with van der Waals surface area (Å²) < 4.78 is 36.8. The Kier molecular flexibility index (Phi) is 5.17. The molecule has 0 spiro atoms. The minimum absolute atomic E-state index is 0.234. The highest BCUT2D eigenvalue weighted by Gasteiger charge is 2.24. The predicted molar refractivity (Wildman–Crippen MR) is 59.4 cm³/mol. The molecule has 1 N–H and O–H groups in total. The van der Waals surface area contributed by atoms with Gasteiger partial charge in [-0.15, -0.1) is 0 Å². The first-order valence-corrected chi connectivity index (χ1v) is 7.37. The van der Waals surface area contributed by atoms with Gasteiger partial charge in [-0.25, -0.2) is 8.42 Å². The Hall–Kier alpha value is -0.170. The first-order chi connectivity index (χ1) is 7.37. The normalized spacial score (nSPS) is 31.6. The summed E-state index contributed by atoms with van der Waals surface area (Å²) in [7, 11) is -4.03. The van der Waals surface area contributed by atoms with Crippen LogP contribution in [0.25, 0.3) is 0 Å². The lowest BCUT2D eigenvalue weighted by atomic mass is 10.2. The maximum Gasteiger partial charge on any atom is 0.104 e. The van der Waals surface area contributed by atoms with E-state index in [4.69, 9.17) is 4.74 Å². The van der Waals surface area contributed by atoms with Crippen LogP contribution in [0.1, 0.15) is 26.7 Å². The highest BCUT2D eigenvalue weighted by atomic mass is 32.2. The zero-order chi connectivity index (χ0) is 12.2. The highest BCUT2D eigenvalue weighted by Crippen LogP contribution is 1.99. The molecular formula is C10H21NO4S. The smallest absolute Gasteiger partial charge is 0.104 e. The molecule has 0 unspecified atom stereocenters. The van der Waals surface area contributed by atoms with Crippen LogP contribution in [0.5, 0.6) is 0 Å². The van der Waals surface area contributed by atoms with Crippen LogP contribution in [-0.2, 0) is 14.9 Å². The van der Waals surface area contributed by atoms with E-state index in [1.807, 2.05) is 0 Å². The van der Waals surface area contributed by atoms with E-state index in [-0.39, 0.29) is 18.0 Å². The molecule has 0 radical (unpaired) electrons. The van der Waals surface area contributed by atoms with Crippen molar-refractivity contribution in [2.24, 2.45) is 0 Å². The Morgan fingerprint density at radius 3 is 2.31 bits per heavy atom. The molecule has 16 heavy (non-hydrogen) atoms. The molecule has 0 bridgehead atoms. The lowest BCUT2D eigenvalue weighted by molar-refractivity contribution is -0.915. The average Bonchev–Trinajstić information content (AvgIpc) is 2.09. The van der Waals surface area contributed by atoms with Crippen LogP contribution in [0.15, 0.2) is 0 Å². The average molecular weight is 251 g/mol. The number of morpholine rings is 1. The van der Waals surface area contributed by atoms with Gasteiger partial charge in [0.15, 0.2) is 0 Å². The van der Waals surface area contributed by atoms with Crippen LogP contribution >= 0.6 is 0 Å². The summed E-state index contributed by atoms with van der Waals surface area (Å²) in [6.07, 6.45) is 1.79. The molecule has 1 heterocycles. The number of unbranched alkanes of at least 4 members (excludes halogenated alkanes) is 1. The van der Waals surface area contributed by atoms with Crippen molar-refractivity contribution in [3.63, 3.8) is 0 Å². The van der Waals surface area contributed by atoms with E-state index in [1.54, 1.807) is 0 Å². The minimum Gasteiger partial charge on any atom is -0.748 e. The summed E-state index contributed by atoms with van der Waals surface area (Å²) in [6, 6.07) is 0. The zero-order valence-electron chi connectivity index (χ0n) is 9.94. The van der Waals surface area contributed by atoms with Crippen LogP contribution in [0.4, 0.5) is 0 Å². The van der Waals surface area contributed by atoms with Crippen molar-refractivity contribution in [2.75, 3.05) is 25.4 Å². The molecule has 0 amide bonds. The molecule has 2 atom stereocenters. The van der Waals surface area contributed by atoms with Gasteiger partial charge in [-0.2, -0.15) is 0 Å². The molecule has 0 aliphatic carbocycles. The van der Waals surface area contributed by atoms with E-state index in [2.05, 4.69) is 13.8 Å². The van der Waals surface area contributed by atoms with Gasteiger partial charge in [-0.1, -0.05) is 0 Å². The summed E-state index contributed by atoms with van der Waals surface area (Å²) in [5, 5.41) is 0. The zero-order valence-corrected chi connectivity index (χ0v) is 10.8. The molecular weight excluding hydrogens is 230 g/mol. The van der Waals surface area contributed by atoms with Crippen molar-refractivity contribution in [1.82, 2.24) is 0 Å². The minimum atomic E-state index is -4.03. The molecule has 96 valence electrons. The molecule has 1 saturated heterocycles. The Morgan fingerprint density at radius 1 is 1.25 bits per heavy atom. The number of hydrogen-bond donors (Lipinski definition) is 1. The fraction of sp³-hybridized carbons (Fsp3) is 1.00. The number of hydrogen-bond acceptors (Lipinski definition) is 4. The molecule has 1 fully saturated rings. The number of quaternary nitrogens is 1. The van der Waals surface area contributed by atoms with E-state index in [0.29, 0.717) is 6.42 Å². The van der Waals surface area contributed by atoms with Crippen LogP contribution in [-0.4, -0.2) is 50.6 Å². The lowest BCUT2D eigenvalue weighted by Gasteiger charge is -2.32. The Morgan fingerprint density at radius 2 is 1.81 bits per heavy atom. The van der Waals surface area contributed by atoms with E-state index < -0.39 is 10.1 Å². The van der Waals surface area contributed by atoms with Gasteiger partial charge in [0.2, 0.25) is 0 Å². The Balaban J connectivity index is 2.17. The standard InChI is InChI=1S/C10H21NO4S/c1-9-7-11(8-10(2)15-9)5-3-4-6-16(12,13)14/h9-10H,3-8H2,1-2H3,(H,12,13,14)/t9-,10-/m1/s1. The molecule has 0 aromatic rings. The van der Waals surface area contributed by atoms with Gasteiger partial charge in [-0.3, -0.25) is 0 Å². The second-order valence-electron chi connectivity index (χ2n) is 4.63. The van der Waals surface area contributed by atoms with Gasteiger partial charge < -0.3 is 14.2 Å². The Bertz CT molecular complexity index is 294. The van der Waals surface area contributed by atoms with Crippen molar-refractivity contribution in [2.45, 2.75) is 38.9 Å². The monoisotopic (exact) mass is 251 g/mol. The largest absolute Gasteiger partial charge is 0.748 e. The van der Waals surface area contributed by atoms with Crippen molar-refractivity contribution in [1.29, 1.82) is 0 Å². The van der Waals surface area contributed by atoms with Gasteiger partial charge in [0.1, 0.15) is 25.3 Å². The second kappa shape index (κ2) is 5.95. The molecule has 0 aromatic carbocycles. The maximum absolute atomic E-state index is 10.4. The number of rotatable bonds is 5. The summed E-state index contributed by atoms with van der Waals surface area (Å²) in [5.74, 6) is -0.234. The molecule has 1 rings (SSSR count).